The first kappa shape index (κ1) is 16.6. The second kappa shape index (κ2) is 7.98. The highest BCUT2D eigenvalue weighted by molar-refractivity contribution is 8.15. The van der Waals surface area contributed by atoms with Crippen LogP contribution in [0.2, 0.25) is 0 Å². The van der Waals surface area contributed by atoms with Crippen LogP contribution < -0.4 is 0 Å². The van der Waals surface area contributed by atoms with Crippen LogP contribution in [-0.4, -0.2) is 15.0 Å². The Morgan fingerprint density at radius 2 is 1.58 bits per heavy atom. The van der Waals surface area contributed by atoms with Gasteiger partial charge in [-0.1, -0.05) is 70.1 Å². The van der Waals surface area contributed by atoms with Crippen molar-refractivity contribution in [2.24, 2.45) is 0 Å². The first-order valence-electron chi connectivity index (χ1n) is 7.65. The van der Waals surface area contributed by atoms with Gasteiger partial charge in [0, 0.05) is 5.57 Å². The summed E-state index contributed by atoms with van der Waals surface area (Å²) in [5, 5.41) is 10.1. The molecule has 0 aromatic carbocycles. The first-order valence-corrected chi connectivity index (χ1v) is 8.46. The van der Waals surface area contributed by atoms with E-state index in [0.29, 0.717) is 11.3 Å². The van der Waals surface area contributed by atoms with E-state index in [-0.39, 0.29) is 9.86 Å². The van der Waals surface area contributed by atoms with Crippen molar-refractivity contribution in [2.45, 2.75) is 83.3 Å². The lowest BCUT2D eigenvalue weighted by Gasteiger charge is -2.22. The van der Waals surface area contributed by atoms with Gasteiger partial charge in [0.2, 0.25) is 5.12 Å². The molecule has 1 unspecified atom stereocenters. The van der Waals surface area contributed by atoms with E-state index < -0.39 is 0 Å². The van der Waals surface area contributed by atoms with Crippen LogP contribution in [0.4, 0.5) is 0 Å². The van der Waals surface area contributed by atoms with Gasteiger partial charge >= 0.3 is 0 Å². The Bertz CT molecular complexity index is 336. The molecule has 0 aromatic rings. The van der Waals surface area contributed by atoms with Gasteiger partial charge in [-0.3, -0.25) is 4.79 Å². The molecule has 0 fully saturated rings. The van der Waals surface area contributed by atoms with Gasteiger partial charge in [0.15, 0.2) is 0 Å². The minimum absolute atomic E-state index is 0.0413. The molecule has 0 saturated heterocycles. The molecule has 0 saturated carbocycles. The third kappa shape index (κ3) is 4.87. The fraction of sp³-hybridized carbons (Fsp3) is 0.812. The zero-order valence-corrected chi connectivity index (χ0v) is 13.4. The molecule has 1 aliphatic rings. The summed E-state index contributed by atoms with van der Waals surface area (Å²) in [4.78, 5) is 11.6. The molecule has 1 aliphatic heterocycles. The fourth-order valence-corrected chi connectivity index (χ4v) is 3.74. The zero-order chi connectivity index (χ0) is 14.3. The number of rotatable bonds is 9. The van der Waals surface area contributed by atoms with Gasteiger partial charge in [0.05, 0.1) is 4.75 Å². The molecule has 2 nitrogen and oxygen atoms in total. The van der Waals surface area contributed by atoms with Gasteiger partial charge in [-0.2, -0.15) is 0 Å². The summed E-state index contributed by atoms with van der Waals surface area (Å²) < 4.78 is -0.358. The van der Waals surface area contributed by atoms with Crippen LogP contribution in [0.15, 0.2) is 11.3 Å². The van der Waals surface area contributed by atoms with Gasteiger partial charge in [0.1, 0.15) is 5.76 Å². The molecule has 0 amide bonds. The second-order valence-electron chi connectivity index (χ2n) is 5.82. The van der Waals surface area contributed by atoms with Crippen LogP contribution in [0.25, 0.3) is 0 Å². The van der Waals surface area contributed by atoms with Crippen LogP contribution in [-0.2, 0) is 4.79 Å². The molecule has 1 rings (SSSR count). The number of hydrogen-bond acceptors (Lipinski definition) is 3. The molecule has 1 heterocycles. The lowest BCUT2D eigenvalue weighted by atomic mass is 9.97. The van der Waals surface area contributed by atoms with Gasteiger partial charge in [-0.15, -0.1) is 0 Å². The Hall–Kier alpha value is -0.440. The summed E-state index contributed by atoms with van der Waals surface area (Å²) in [6.07, 6.45) is 11.2. The number of aliphatic hydroxyl groups excluding tert-OH is 1. The summed E-state index contributed by atoms with van der Waals surface area (Å²) in [5.41, 5.74) is 0.548. The predicted octanol–water partition coefficient (Wildman–Crippen LogP) is 5.38. The molecule has 0 radical (unpaired) electrons. The largest absolute Gasteiger partial charge is 0.510 e. The number of unbranched alkanes of at least 4 members (excludes halogenated alkanes) is 7. The summed E-state index contributed by atoms with van der Waals surface area (Å²) in [7, 11) is 0. The van der Waals surface area contributed by atoms with E-state index in [4.69, 9.17) is 0 Å². The number of thioether (sulfide) groups is 1. The first-order chi connectivity index (χ1) is 9.01. The van der Waals surface area contributed by atoms with Crippen LogP contribution in [0.3, 0.4) is 0 Å². The van der Waals surface area contributed by atoms with Crippen molar-refractivity contribution in [1.29, 1.82) is 0 Å². The monoisotopic (exact) mass is 284 g/mol. The van der Waals surface area contributed by atoms with Crippen LogP contribution in [0.5, 0.6) is 0 Å². The summed E-state index contributed by atoms with van der Waals surface area (Å²) in [6, 6.07) is 0. The van der Waals surface area contributed by atoms with E-state index in [9.17, 15) is 9.90 Å². The van der Waals surface area contributed by atoms with E-state index in [1.807, 2.05) is 6.92 Å². The lowest BCUT2D eigenvalue weighted by molar-refractivity contribution is -0.107. The Kier molecular flexibility index (Phi) is 6.98. The zero-order valence-electron chi connectivity index (χ0n) is 12.6. The van der Waals surface area contributed by atoms with Gasteiger partial charge in [-0.25, -0.2) is 0 Å². The van der Waals surface area contributed by atoms with Crippen LogP contribution in [0.1, 0.15) is 78.6 Å². The van der Waals surface area contributed by atoms with E-state index in [1.54, 1.807) is 6.92 Å². The third-order valence-corrected chi connectivity index (χ3v) is 5.33. The molecule has 0 aliphatic carbocycles. The van der Waals surface area contributed by atoms with E-state index in [0.717, 1.165) is 12.8 Å². The standard InChI is InChI=1S/C16H28O2S/c1-4-5-6-7-8-9-10-11-12-16(3)14(17)13(2)15(18)19-16/h17H,4-12H2,1-3H3. The number of hydrogen-bond donors (Lipinski definition) is 1. The molecular weight excluding hydrogens is 256 g/mol. The highest BCUT2D eigenvalue weighted by Crippen LogP contribution is 2.45. The lowest BCUT2D eigenvalue weighted by Crippen LogP contribution is -2.20. The smallest absolute Gasteiger partial charge is 0.219 e. The van der Waals surface area contributed by atoms with Crippen molar-refractivity contribution >= 4 is 16.9 Å². The van der Waals surface area contributed by atoms with Crippen molar-refractivity contribution in [3.8, 4) is 0 Å². The Morgan fingerprint density at radius 3 is 2.05 bits per heavy atom. The quantitative estimate of drug-likeness (QED) is 0.577. The maximum absolute atomic E-state index is 11.6. The fourth-order valence-electron chi connectivity index (χ4n) is 2.59. The molecular formula is C16H28O2S. The molecule has 0 bridgehead atoms. The van der Waals surface area contributed by atoms with Crippen molar-refractivity contribution in [3.63, 3.8) is 0 Å². The van der Waals surface area contributed by atoms with E-state index in [2.05, 4.69) is 6.92 Å². The topological polar surface area (TPSA) is 37.3 Å². The van der Waals surface area contributed by atoms with E-state index >= 15 is 0 Å². The minimum Gasteiger partial charge on any atom is -0.510 e. The average molecular weight is 284 g/mol. The van der Waals surface area contributed by atoms with Gasteiger partial charge in [-0.05, 0) is 20.3 Å². The Labute approximate surface area is 122 Å². The summed E-state index contributed by atoms with van der Waals surface area (Å²) >= 11 is 1.30. The molecule has 3 heteroatoms. The van der Waals surface area contributed by atoms with Crippen molar-refractivity contribution < 1.29 is 9.90 Å². The maximum Gasteiger partial charge on any atom is 0.219 e. The molecule has 19 heavy (non-hydrogen) atoms. The summed E-state index contributed by atoms with van der Waals surface area (Å²) in [6.45, 7) is 5.95. The predicted molar refractivity (Wildman–Crippen MR) is 83.6 cm³/mol. The van der Waals surface area contributed by atoms with Crippen molar-refractivity contribution in [2.75, 3.05) is 0 Å². The van der Waals surface area contributed by atoms with Crippen LogP contribution >= 0.6 is 11.8 Å². The number of carbonyl (C=O) groups excluding carboxylic acids is 1. The number of carbonyl (C=O) groups is 1. The highest BCUT2D eigenvalue weighted by Gasteiger charge is 2.41. The molecule has 1 N–H and O–H groups in total. The number of aliphatic hydroxyl groups is 1. The van der Waals surface area contributed by atoms with Gasteiger partial charge in [0.25, 0.3) is 0 Å². The maximum atomic E-state index is 11.6. The molecule has 1 atom stereocenters. The highest BCUT2D eigenvalue weighted by atomic mass is 32.2. The normalized spacial score (nSPS) is 23.4. The Morgan fingerprint density at radius 1 is 1.05 bits per heavy atom. The molecule has 0 spiro atoms. The second-order valence-corrected chi connectivity index (χ2v) is 7.29. The summed E-state index contributed by atoms with van der Waals surface area (Å²) in [5.74, 6) is 0.311. The van der Waals surface area contributed by atoms with Crippen LogP contribution in [0, 0.1) is 0 Å². The Balaban J connectivity index is 2.15. The third-order valence-electron chi connectivity index (χ3n) is 3.99. The van der Waals surface area contributed by atoms with E-state index in [1.165, 1.54) is 56.7 Å². The average Bonchev–Trinajstić information content (AvgIpc) is 2.57. The molecule has 0 aromatic heterocycles. The van der Waals surface area contributed by atoms with Crippen molar-refractivity contribution in [1.82, 2.24) is 0 Å². The molecule has 110 valence electrons. The van der Waals surface area contributed by atoms with Gasteiger partial charge < -0.3 is 5.11 Å². The SMILES string of the molecule is CCCCCCCCCCC1(C)SC(=O)C(C)=C1O. The minimum atomic E-state index is -0.358. The van der Waals surface area contributed by atoms with Crippen molar-refractivity contribution in [3.05, 3.63) is 11.3 Å².